The van der Waals surface area contributed by atoms with E-state index in [9.17, 15) is 0 Å². The van der Waals surface area contributed by atoms with E-state index in [2.05, 4.69) is 49.5 Å². The van der Waals surface area contributed by atoms with Crippen molar-refractivity contribution in [2.75, 3.05) is 6.54 Å². The molecule has 1 aliphatic carbocycles. The van der Waals surface area contributed by atoms with Crippen molar-refractivity contribution in [1.82, 2.24) is 5.32 Å². The van der Waals surface area contributed by atoms with E-state index in [0.29, 0.717) is 0 Å². The van der Waals surface area contributed by atoms with Crippen molar-refractivity contribution in [1.29, 1.82) is 0 Å². The maximum Gasteiger partial charge on any atom is 0.00954 e. The zero-order chi connectivity index (χ0) is 13.5. The first-order chi connectivity index (χ1) is 9.31. The van der Waals surface area contributed by atoms with Crippen molar-refractivity contribution in [2.24, 2.45) is 11.8 Å². The minimum atomic E-state index is 0.733. The van der Waals surface area contributed by atoms with Gasteiger partial charge in [-0.2, -0.15) is 0 Å². The summed E-state index contributed by atoms with van der Waals surface area (Å²) in [6.45, 7) is 5.89. The van der Waals surface area contributed by atoms with Gasteiger partial charge in [-0.05, 0) is 62.5 Å². The molecule has 1 heteroatoms. The normalized spacial score (nSPS) is 18.2. The third-order valence-electron chi connectivity index (χ3n) is 4.48. The second kappa shape index (κ2) is 7.69. The molecule has 0 spiro atoms. The van der Waals surface area contributed by atoms with E-state index in [1.807, 2.05) is 0 Å². The van der Waals surface area contributed by atoms with Crippen LogP contribution >= 0.6 is 0 Å². The molecular formula is C18H29N. The molecule has 19 heavy (non-hydrogen) atoms. The highest BCUT2D eigenvalue weighted by Crippen LogP contribution is 2.39. The number of hydrogen-bond acceptors (Lipinski definition) is 1. The van der Waals surface area contributed by atoms with Gasteiger partial charge in [-0.15, -0.1) is 0 Å². The molecule has 106 valence electrons. The summed E-state index contributed by atoms with van der Waals surface area (Å²) in [6.07, 6.45) is 8.03. The highest BCUT2D eigenvalue weighted by atomic mass is 14.9. The Morgan fingerprint density at radius 1 is 1.21 bits per heavy atom. The fraction of sp³-hybridized carbons (Fsp3) is 0.667. The standard InChI is InChI=1S/C18H29N/c1-3-14-19-18(15(2)17-12-13-17)11-7-10-16-8-5-4-6-9-16/h4-6,8-9,15,17-19H,3,7,10-14H2,1-2H3. The molecule has 1 saturated carbocycles. The predicted octanol–water partition coefficient (Wildman–Crippen LogP) is 4.42. The van der Waals surface area contributed by atoms with Gasteiger partial charge in [-0.1, -0.05) is 44.2 Å². The summed E-state index contributed by atoms with van der Waals surface area (Å²) in [5.74, 6) is 1.87. The minimum absolute atomic E-state index is 0.733. The molecule has 0 aliphatic heterocycles. The van der Waals surface area contributed by atoms with Crippen LogP contribution < -0.4 is 5.32 Å². The van der Waals surface area contributed by atoms with E-state index in [-0.39, 0.29) is 0 Å². The molecule has 2 unspecified atom stereocenters. The topological polar surface area (TPSA) is 12.0 Å². The number of benzene rings is 1. The van der Waals surface area contributed by atoms with Crippen LogP contribution in [0.25, 0.3) is 0 Å². The Balaban J connectivity index is 1.75. The average molecular weight is 259 g/mol. The Morgan fingerprint density at radius 3 is 2.58 bits per heavy atom. The summed E-state index contributed by atoms with van der Waals surface area (Å²) < 4.78 is 0. The van der Waals surface area contributed by atoms with Crippen LogP contribution in [0.2, 0.25) is 0 Å². The van der Waals surface area contributed by atoms with E-state index < -0.39 is 0 Å². The second-order valence-corrected chi connectivity index (χ2v) is 6.13. The average Bonchev–Trinajstić information content (AvgIpc) is 3.27. The van der Waals surface area contributed by atoms with Gasteiger partial charge in [0.1, 0.15) is 0 Å². The first-order valence-corrected chi connectivity index (χ1v) is 8.08. The molecule has 2 atom stereocenters. The predicted molar refractivity (Wildman–Crippen MR) is 83.3 cm³/mol. The van der Waals surface area contributed by atoms with Crippen molar-refractivity contribution >= 4 is 0 Å². The molecule has 0 saturated heterocycles. The third-order valence-corrected chi connectivity index (χ3v) is 4.48. The Hall–Kier alpha value is -0.820. The van der Waals surface area contributed by atoms with Crippen LogP contribution in [0.15, 0.2) is 30.3 Å². The largest absolute Gasteiger partial charge is 0.314 e. The second-order valence-electron chi connectivity index (χ2n) is 6.13. The van der Waals surface area contributed by atoms with Crippen LogP contribution in [-0.2, 0) is 6.42 Å². The molecule has 1 aromatic carbocycles. The molecule has 1 N–H and O–H groups in total. The van der Waals surface area contributed by atoms with Crippen molar-refractivity contribution in [3.05, 3.63) is 35.9 Å². The molecule has 0 aromatic heterocycles. The van der Waals surface area contributed by atoms with Gasteiger partial charge in [0.15, 0.2) is 0 Å². The zero-order valence-corrected chi connectivity index (χ0v) is 12.6. The minimum Gasteiger partial charge on any atom is -0.314 e. The lowest BCUT2D eigenvalue weighted by Crippen LogP contribution is -2.36. The summed E-state index contributed by atoms with van der Waals surface area (Å²) in [5, 5.41) is 3.78. The fourth-order valence-electron chi connectivity index (χ4n) is 3.00. The monoisotopic (exact) mass is 259 g/mol. The summed E-state index contributed by atoms with van der Waals surface area (Å²) >= 11 is 0. The van der Waals surface area contributed by atoms with Gasteiger partial charge in [-0.25, -0.2) is 0 Å². The molecule has 0 heterocycles. The SMILES string of the molecule is CCCNC(CCCc1ccccc1)C(C)C1CC1. The Labute approximate surface area is 118 Å². The van der Waals surface area contributed by atoms with Crippen LogP contribution in [0.1, 0.15) is 51.5 Å². The Morgan fingerprint density at radius 2 is 1.95 bits per heavy atom. The molecule has 1 nitrogen and oxygen atoms in total. The summed E-state index contributed by atoms with van der Waals surface area (Å²) in [4.78, 5) is 0. The molecule has 0 bridgehead atoms. The summed E-state index contributed by atoms with van der Waals surface area (Å²) in [7, 11) is 0. The Kier molecular flexibility index (Phi) is 5.91. The zero-order valence-electron chi connectivity index (χ0n) is 12.6. The van der Waals surface area contributed by atoms with Crippen molar-refractivity contribution in [2.45, 2.75) is 58.4 Å². The lowest BCUT2D eigenvalue weighted by atomic mass is 9.91. The first-order valence-electron chi connectivity index (χ1n) is 8.08. The van der Waals surface area contributed by atoms with Gasteiger partial charge in [-0.3, -0.25) is 0 Å². The van der Waals surface area contributed by atoms with Crippen molar-refractivity contribution in [3.63, 3.8) is 0 Å². The smallest absolute Gasteiger partial charge is 0.00954 e. The third kappa shape index (κ3) is 4.99. The van der Waals surface area contributed by atoms with Crippen LogP contribution in [0.3, 0.4) is 0 Å². The van der Waals surface area contributed by atoms with E-state index in [0.717, 1.165) is 17.9 Å². The number of nitrogens with one attached hydrogen (secondary N) is 1. The van der Waals surface area contributed by atoms with Gasteiger partial charge in [0, 0.05) is 6.04 Å². The summed E-state index contributed by atoms with van der Waals surface area (Å²) in [5.41, 5.74) is 1.48. The first kappa shape index (κ1) is 14.6. The van der Waals surface area contributed by atoms with Gasteiger partial charge in [0.2, 0.25) is 0 Å². The van der Waals surface area contributed by atoms with E-state index in [4.69, 9.17) is 0 Å². The van der Waals surface area contributed by atoms with Crippen LogP contribution in [0, 0.1) is 11.8 Å². The highest BCUT2D eigenvalue weighted by Gasteiger charge is 2.32. The van der Waals surface area contributed by atoms with E-state index in [1.165, 1.54) is 50.6 Å². The fourth-order valence-corrected chi connectivity index (χ4v) is 3.00. The molecule has 1 aliphatic rings. The summed E-state index contributed by atoms with van der Waals surface area (Å²) in [6, 6.07) is 11.6. The van der Waals surface area contributed by atoms with Gasteiger partial charge < -0.3 is 5.32 Å². The lowest BCUT2D eigenvalue weighted by molar-refractivity contribution is 0.320. The molecular weight excluding hydrogens is 230 g/mol. The number of hydrogen-bond donors (Lipinski definition) is 1. The van der Waals surface area contributed by atoms with Gasteiger partial charge in [0.05, 0.1) is 0 Å². The maximum atomic E-state index is 3.78. The van der Waals surface area contributed by atoms with Crippen LogP contribution in [-0.4, -0.2) is 12.6 Å². The quantitative estimate of drug-likeness (QED) is 0.692. The number of rotatable bonds is 9. The van der Waals surface area contributed by atoms with Crippen LogP contribution in [0.5, 0.6) is 0 Å². The van der Waals surface area contributed by atoms with E-state index in [1.54, 1.807) is 0 Å². The Bertz CT molecular complexity index is 342. The van der Waals surface area contributed by atoms with Gasteiger partial charge >= 0.3 is 0 Å². The van der Waals surface area contributed by atoms with Gasteiger partial charge in [0.25, 0.3) is 0 Å². The van der Waals surface area contributed by atoms with Crippen molar-refractivity contribution < 1.29 is 0 Å². The lowest BCUT2D eigenvalue weighted by Gasteiger charge is -2.25. The highest BCUT2D eigenvalue weighted by molar-refractivity contribution is 5.14. The molecule has 1 fully saturated rings. The molecule has 1 aromatic rings. The van der Waals surface area contributed by atoms with Crippen LogP contribution in [0.4, 0.5) is 0 Å². The molecule has 0 radical (unpaired) electrons. The molecule has 0 amide bonds. The maximum absolute atomic E-state index is 3.78. The number of aryl methyl sites for hydroxylation is 1. The molecule has 2 rings (SSSR count). The van der Waals surface area contributed by atoms with E-state index >= 15 is 0 Å². The van der Waals surface area contributed by atoms with Crippen molar-refractivity contribution in [3.8, 4) is 0 Å².